The highest BCUT2D eigenvalue weighted by molar-refractivity contribution is 6.36. The second-order valence-corrected chi connectivity index (χ2v) is 5.88. The van der Waals surface area contributed by atoms with Crippen LogP contribution in [0.3, 0.4) is 0 Å². The third-order valence-electron chi connectivity index (χ3n) is 4.54. The Balaban J connectivity index is 1.87. The van der Waals surface area contributed by atoms with E-state index in [0.717, 1.165) is 18.7 Å². The molecule has 100 valence electrons. The van der Waals surface area contributed by atoms with Crippen molar-refractivity contribution in [2.24, 2.45) is 11.7 Å². The fraction of sp³-hybridized carbons (Fsp3) is 0.462. The number of piperidine rings is 1. The number of halogens is 1. The molecule has 4 N–H and O–H groups in total. The van der Waals surface area contributed by atoms with E-state index < -0.39 is 0 Å². The van der Waals surface area contributed by atoms with Gasteiger partial charge in [-0.3, -0.25) is 0 Å². The lowest BCUT2D eigenvalue weighted by Gasteiger charge is -2.29. The topological polar surface area (TPSA) is 81.3 Å². The molecule has 6 heteroatoms. The monoisotopic (exact) mass is 278 g/mol. The quantitative estimate of drug-likeness (QED) is 0.834. The zero-order valence-electron chi connectivity index (χ0n) is 10.3. The average Bonchev–Trinajstić information content (AvgIpc) is 3.05. The van der Waals surface area contributed by atoms with E-state index in [-0.39, 0.29) is 6.04 Å². The highest BCUT2D eigenvalue weighted by Gasteiger charge is 2.45. The van der Waals surface area contributed by atoms with E-state index in [4.69, 9.17) is 27.6 Å². The smallest absolute Gasteiger partial charge is 0.193 e. The van der Waals surface area contributed by atoms with Crippen LogP contribution in [0.25, 0.3) is 11.0 Å². The number of nitrogens with two attached hydrogens (primary N) is 2. The summed E-state index contributed by atoms with van der Waals surface area (Å²) in [7, 11) is 0. The summed E-state index contributed by atoms with van der Waals surface area (Å²) in [6.45, 7) is 0.975. The molecule has 19 heavy (non-hydrogen) atoms. The molecule has 1 aliphatic heterocycles. The number of anilines is 2. The van der Waals surface area contributed by atoms with Gasteiger partial charge in [0.2, 0.25) is 0 Å². The SMILES string of the molecule is Nc1noc2c(N3CC4CCC3C4N)ccc(Cl)c12. The summed E-state index contributed by atoms with van der Waals surface area (Å²) in [5.41, 5.74) is 13.7. The van der Waals surface area contributed by atoms with Crippen LogP contribution in [0.2, 0.25) is 5.02 Å². The maximum Gasteiger partial charge on any atom is 0.193 e. The van der Waals surface area contributed by atoms with Crippen LogP contribution in [0.15, 0.2) is 16.7 Å². The number of benzene rings is 1. The molecule has 1 aromatic carbocycles. The van der Waals surface area contributed by atoms with Crippen molar-refractivity contribution in [2.75, 3.05) is 17.2 Å². The van der Waals surface area contributed by atoms with Crippen LogP contribution in [0.4, 0.5) is 11.5 Å². The van der Waals surface area contributed by atoms with Gasteiger partial charge < -0.3 is 20.9 Å². The lowest BCUT2D eigenvalue weighted by atomic mass is 10.1. The first-order chi connectivity index (χ1) is 9.16. The van der Waals surface area contributed by atoms with Crippen LogP contribution in [0.1, 0.15) is 12.8 Å². The van der Waals surface area contributed by atoms with E-state index in [2.05, 4.69) is 10.1 Å². The van der Waals surface area contributed by atoms with Crippen molar-refractivity contribution in [3.63, 3.8) is 0 Å². The predicted molar refractivity (Wildman–Crippen MR) is 75.3 cm³/mol. The molecule has 0 spiro atoms. The van der Waals surface area contributed by atoms with Gasteiger partial charge in [0.05, 0.1) is 16.1 Å². The van der Waals surface area contributed by atoms with Gasteiger partial charge in [-0.1, -0.05) is 16.8 Å². The molecular weight excluding hydrogens is 264 g/mol. The summed E-state index contributed by atoms with van der Waals surface area (Å²) in [5.74, 6) is 0.923. The molecule has 2 aliphatic rings. The van der Waals surface area contributed by atoms with Gasteiger partial charge in [0.25, 0.3) is 0 Å². The molecule has 2 heterocycles. The van der Waals surface area contributed by atoms with Crippen molar-refractivity contribution in [1.82, 2.24) is 5.16 Å². The number of nitrogen functional groups attached to an aromatic ring is 1. The number of hydrogen-bond acceptors (Lipinski definition) is 5. The first-order valence-corrected chi connectivity index (χ1v) is 6.90. The summed E-state index contributed by atoms with van der Waals surface area (Å²) >= 11 is 6.17. The van der Waals surface area contributed by atoms with Crippen LogP contribution in [-0.4, -0.2) is 23.8 Å². The van der Waals surface area contributed by atoms with Gasteiger partial charge in [0.1, 0.15) is 0 Å². The van der Waals surface area contributed by atoms with E-state index in [1.807, 2.05) is 12.1 Å². The van der Waals surface area contributed by atoms with Crippen molar-refractivity contribution in [2.45, 2.75) is 24.9 Å². The van der Waals surface area contributed by atoms with Gasteiger partial charge in [-0.25, -0.2) is 0 Å². The largest absolute Gasteiger partial charge is 0.380 e. The van der Waals surface area contributed by atoms with E-state index in [9.17, 15) is 0 Å². The molecule has 5 nitrogen and oxygen atoms in total. The van der Waals surface area contributed by atoms with Gasteiger partial charge in [-0.05, 0) is 30.9 Å². The van der Waals surface area contributed by atoms with Crippen LogP contribution in [0, 0.1) is 5.92 Å². The fourth-order valence-electron chi connectivity index (χ4n) is 3.57. The average molecular weight is 279 g/mol. The number of rotatable bonds is 1. The standard InChI is InChI=1S/C13H15ClN4O/c14-7-2-4-9(12-10(7)13(16)17-19-12)18-5-6-1-3-8(18)11(6)15/h2,4,6,8,11H,1,3,5,15H2,(H2,16,17). The lowest BCUT2D eigenvalue weighted by Crippen LogP contribution is -2.37. The molecule has 3 unspecified atom stereocenters. The molecule has 4 rings (SSSR count). The molecule has 1 aromatic heterocycles. The van der Waals surface area contributed by atoms with E-state index in [1.165, 1.54) is 6.42 Å². The Kier molecular flexibility index (Phi) is 2.26. The molecule has 3 atom stereocenters. The molecule has 0 amide bonds. The second-order valence-electron chi connectivity index (χ2n) is 5.47. The summed E-state index contributed by atoms with van der Waals surface area (Å²) in [4.78, 5) is 2.32. The van der Waals surface area contributed by atoms with Crippen molar-refractivity contribution >= 4 is 34.1 Å². The van der Waals surface area contributed by atoms with Gasteiger partial charge in [0, 0.05) is 18.6 Å². The van der Waals surface area contributed by atoms with Crippen molar-refractivity contribution < 1.29 is 4.52 Å². The summed E-state index contributed by atoms with van der Waals surface area (Å²) in [6.07, 6.45) is 2.36. The van der Waals surface area contributed by atoms with Crippen molar-refractivity contribution in [3.05, 3.63) is 17.2 Å². The summed E-state index contributed by atoms with van der Waals surface area (Å²) < 4.78 is 5.37. The molecule has 2 fully saturated rings. The van der Waals surface area contributed by atoms with Crippen LogP contribution in [0.5, 0.6) is 0 Å². The lowest BCUT2D eigenvalue weighted by molar-refractivity contribution is 0.458. The second kappa shape index (κ2) is 3.77. The Hall–Kier alpha value is -1.46. The minimum Gasteiger partial charge on any atom is -0.380 e. The van der Waals surface area contributed by atoms with E-state index in [1.54, 1.807) is 0 Å². The molecule has 1 saturated heterocycles. The van der Waals surface area contributed by atoms with Gasteiger partial charge >= 0.3 is 0 Å². The van der Waals surface area contributed by atoms with Gasteiger partial charge in [-0.2, -0.15) is 0 Å². The van der Waals surface area contributed by atoms with Gasteiger partial charge in [0.15, 0.2) is 11.4 Å². The third-order valence-corrected chi connectivity index (χ3v) is 4.86. The summed E-state index contributed by atoms with van der Waals surface area (Å²) in [6, 6.07) is 4.47. The number of hydrogen-bond donors (Lipinski definition) is 2. The number of aromatic nitrogens is 1. The minimum atomic E-state index is 0.256. The summed E-state index contributed by atoms with van der Waals surface area (Å²) in [5, 5.41) is 5.11. The Morgan fingerprint density at radius 1 is 1.37 bits per heavy atom. The highest BCUT2D eigenvalue weighted by Crippen LogP contribution is 2.43. The Labute approximate surface area is 115 Å². The first-order valence-electron chi connectivity index (χ1n) is 6.52. The Bertz CT molecular complexity index is 655. The minimum absolute atomic E-state index is 0.256. The first kappa shape index (κ1) is 11.4. The number of nitrogens with zero attached hydrogens (tertiary/aromatic N) is 2. The molecule has 1 saturated carbocycles. The van der Waals surface area contributed by atoms with E-state index >= 15 is 0 Å². The highest BCUT2D eigenvalue weighted by atomic mass is 35.5. The zero-order valence-corrected chi connectivity index (χ0v) is 11.1. The molecule has 0 radical (unpaired) electrons. The zero-order chi connectivity index (χ0) is 13.1. The maximum atomic E-state index is 6.25. The normalized spacial score (nSPS) is 29.6. The predicted octanol–water partition coefficient (Wildman–Crippen LogP) is 1.99. The van der Waals surface area contributed by atoms with Gasteiger partial charge in [-0.15, -0.1) is 0 Å². The molecule has 2 aromatic rings. The van der Waals surface area contributed by atoms with Crippen molar-refractivity contribution in [1.29, 1.82) is 0 Å². The fourth-order valence-corrected chi connectivity index (χ4v) is 3.82. The molecule has 1 aliphatic carbocycles. The molecular formula is C13H15ClN4O. The van der Waals surface area contributed by atoms with Crippen LogP contribution in [-0.2, 0) is 0 Å². The van der Waals surface area contributed by atoms with Crippen molar-refractivity contribution in [3.8, 4) is 0 Å². The third kappa shape index (κ3) is 1.42. The Morgan fingerprint density at radius 3 is 2.89 bits per heavy atom. The molecule has 2 bridgehead atoms. The van der Waals surface area contributed by atoms with Crippen LogP contribution < -0.4 is 16.4 Å². The van der Waals surface area contributed by atoms with E-state index in [0.29, 0.717) is 33.8 Å². The number of fused-ring (bicyclic) bond motifs is 3. The Morgan fingerprint density at radius 2 is 2.21 bits per heavy atom. The van der Waals surface area contributed by atoms with Crippen LogP contribution >= 0.6 is 11.6 Å². The maximum absolute atomic E-state index is 6.25.